The van der Waals surface area contributed by atoms with Crippen LogP contribution in [0.1, 0.15) is 74.7 Å². The molecule has 1 aromatic rings. The fraction of sp³-hybridized carbons (Fsp3) is 0.696. The third-order valence-electron chi connectivity index (χ3n) is 6.37. The first kappa shape index (κ1) is 23.2. The lowest BCUT2D eigenvalue weighted by Gasteiger charge is -2.45. The van der Waals surface area contributed by atoms with E-state index in [1.807, 2.05) is 18.2 Å². The summed E-state index contributed by atoms with van der Waals surface area (Å²) in [4.78, 5) is 12.8. The van der Waals surface area contributed by atoms with Gasteiger partial charge in [0, 0.05) is 13.1 Å². The maximum Gasteiger partial charge on any atom is 0.252 e. The molecule has 28 heavy (non-hydrogen) atoms. The highest BCUT2D eigenvalue weighted by molar-refractivity contribution is 6.33. The predicted molar refractivity (Wildman–Crippen MR) is 117 cm³/mol. The molecular weight excluding hydrogens is 372 g/mol. The monoisotopic (exact) mass is 408 g/mol. The summed E-state index contributed by atoms with van der Waals surface area (Å²) in [7, 11) is 0. The Morgan fingerprint density at radius 2 is 1.96 bits per heavy atom. The highest BCUT2D eigenvalue weighted by Crippen LogP contribution is 2.48. The Bertz CT molecular complexity index is 625. The van der Waals surface area contributed by atoms with E-state index in [2.05, 4.69) is 10.6 Å². The van der Waals surface area contributed by atoms with E-state index < -0.39 is 0 Å². The molecule has 0 heterocycles. The van der Waals surface area contributed by atoms with Crippen molar-refractivity contribution < 1.29 is 9.90 Å². The molecule has 0 unspecified atom stereocenters. The van der Waals surface area contributed by atoms with Crippen molar-refractivity contribution in [3.05, 3.63) is 34.3 Å². The van der Waals surface area contributed by atoms with Gasteiger partial charge in [-0.2, -0.15) is 0 Å². The Hall–Kier alpha value is -1.10. The number of nitrogens with one attached hydrogen (secondary N) is 2. The zero-order chi connectivity index (χ0) is 19.1. The number of hydrogen-bond acceptors (Lipinski definition) is 3. The first-order chi connectivity index (χ1) is 13.1. The summed E-state index contributed by atoms with van der Waals surface area (Å²) in [5.74, 6) is 0.832. The minimum absolute atomic E-state index is 0. The predicted octanol–water partition coefficient (Wildman–Crippen LogP) is 4.58. The Balaban J connectivity index is 0.00000280. The molecule has 2 aliphatic carbocycles. The summed E-state index contributed by atoms with van der Waals surface area (Å²) >= 11 is 6.32. The summed E-state index contributed by atoms with van der Waals surface area (Å²) in [5.41, 5.74) is 2.04. The molecule has 0 spiro atoms. The van der Waals surface area contributed by atoms with E-state index in [1.165, 1.54) is 44.9 Å². The zero-order valence-corrected chi connectivity index (χ0v) is 17.0. The highest BCUT2D eigenvalue weighted by Gasteiger charge is 2.39. The molecule has 0 aliphatic heterocycles. The minimum atomic E-state index is -0.0395. The molecule has 158 valence electrons. The number of benzene rings is 1. The number of aliphatic hydroxyl groups excluding tert-OH is 1. The molecule has 2 fully saturated rings. The standard InChI is InChI=1S/C22H33ClN2O2.CH4/c23-20-8-7-17(6-3-11-24-12-13-26)14-19(20)21(27)25-16-22-9-1-4-18(15-22)5-2-10-22;/h7-8,14,18,24,26H,1-6,9-13,15-16H2,(H,25,27);1H4. The van der Waals surface area contributed by atoms with Crippen LogP contribution < -0.4 is 10.6 Å². The Kier molecular flexibility index (Phi) is 9.26. The van der Waals surface area contributed by atoms with Gasteiger partial charge >= 0.3 is 0 Å². The first-order valence-electron chi connectivity index (χ1n) is 10.5. The molecule has 0 saturated heterocycles. The summed E-state index contributed by atoms with van der Waals surface area (Å²) < 4.78 is 0. The molecule has 0 atom stereocenters. The molecule has 0 radical (unpaired) electrons. The third kappa shape index (κ3) is 6.20. The molecule has 3 rings (SSSR count). The molecule has 2 saturated carbocycles. The Morgan fingerprint density at radius 1 is 1.21 bits per heavy atom. The van der Waals surface area contributed by atoms with Crippen molar-refractivity contribution in [2.75, 3.05) is 26.2 Å². The maximum absolute atomic E-state index is 12.8. The SMILES string of the molecule is C.O=C(NCC12CCCC(CCC1)C2)c1cc(CCCNCCO)ccc1Cl. The van der Waals surface area contributed by atoms with Crippen LogP contribution >= 0.6 is 11.6 Å². The second-order valence-corrected chi connectivity index (χ2v) is 8.84. The van der Waals surface area contributed by atoms with Crippen LogP contribution in [0.5, 0.6) is 0 Å². The van der Waals surface area contributed by atoms with Gasteiger partial charge in [-0.25, -0.2) is 0 Å². The summed E-state index contributed by atoms with van der Waals surface area (Å²) in [6.45, 7) is 2.42. The van der Waals surface area contributed by atoms with Crippen LogP contribution in [-0.2, 0) is 6.42 Å². The molecule has 1 aromatic carbocycles. The van der Waals surface area contributed by atoms with E-state index in [0.29, 0.717) is 22.5 Å². The largest absolute Gasteiger partial charge is 0.395 e. The number of fused-ring (bicyclic) bond motifs is 2. The van der Waals surface area contributed by atoms with Crippen molar-refractivity contribution in [1.82, 2.24) is 10.6 Å². The van der Waals surface area contributed by atoms with Gasteiger partial charge in [-0.05, 0) is 67.7 Å². The molecular formula is C23H37ClN2O2. The topological polar surface area (TPSA) is 61.4 Å². The average molecular weight is 409 g/mol. The van der Waals surface area contributed by atoms with Crippen molar-refractivity contribution in [1.29, 1.82) is 0 Å². The number of carbonyl (C=O) groups is 1. The van der Waals surface area contributed by atoms with Gasteiger partial charge in [0.15, 0.2) is 0 Å². The average Bonchev–Trinajstić information content (AvgIpc) is 2.67. The second-order valence-electron chi connectivity index (χ2n) is 8.43. The van der Waals surface area contributed by atoms with Crippen LogP contribution in [0.2, 0.25) is 5.02 Å². The summed E-state index contributed by atoms with van der Waals surface area (Å²) in [5, 5.41) is 15.7. The fourth-order valence-corrected chi connectivity index (χ4v) is 5.16. The van der Waals surface area contributed by atoms with E-state index in [1.54, 1.807) is 0 Å². The maximum atomic E-state index is 12.8. The molecule has 5 heteroatoms. The quantitative estimate of drug-likeness (QED) is 0.524. The normalized spacial score (nSPS) is 23.7. The van der Waals surface area contributed by atoms with Crippen molar-refractivity contribution in [2.45, 2.75) is 65.2 Å². The van der Waals surface area contributed by atoms with E-state index in [4.69, 9.17) is 16.7 Å². The van der Waals surface area contributed by atoms with Crippen LogP contribution in [0, 0.1) is 11.3 Å². The van der Waals surface area contributed by atoms with Crippen molar-refractivity contribution in [2.24, 2.45) is 11.3 Å². The van der Waals surface area contributed by atoms with E-state index in [9.17, 15) is 4.79 Å². The number of aliphatic hydroxyl groups is 1. The van der Waals surface area contributed by atoms with E-state index >= 15 is 0 Å². The van der Waals surface area contributed by atoms with Crippen LogP contribution in [0.15, 0.2) is 18.2 Å². The minimum Gasteiger partial charge on any atom is -0.395 e. The Labute approximate surface area is 175 Å². The van der Waals surface area contributed by atoms with Gasteiger partial charge in [0.05, 0.1) is 17.2 Å². The number of halogens is 1. The van der Waals surface area contributed by atoms with Crippen molar-refractivity contribution in [3.8, 4) is 0 Å². The zero-order valence-electron chi connectivity index (χ0n) is 16.2. The van der Waals surface area contributed by atoms with Crippen LogP contribution in [0.4, 0.5) is 0 Å². The van der Waals surface area contributed by atoms with Gasteiger partial charge < -0.3 is 15.7 Å². The van der Waals surface area contributed by atoms with E-state index in [-0.39, 0.29) is 19.9 Å². The fourth-order valence-electron chi connectivity index (χ4n) is 4.96. The molecule has 2 bridgehead atoms. The summed E-state index contributed by atoms with van der Waals surface area (Å²) in [6.07, 6.45) is 11.0. The molecule has 4 nitrogen and oxygen atoms in total. The number of aryl methyl sites for hydroxylation is 1. The lowest BCUT2D eigenvalue weighted by atomic mass is 9.62. The van der Waals surface area contributed by atoms with Crippen molar-refractivity contribution in [3.63, 3.8) is 0 Å². The smallest absolute Gasteiger partial charge is 0.252 e. The third-order valence-corrected chi connectivity index (χ3v) is 6.70. The van der Waals surface area contributed by atoms with Crippen LogP contribution in [-0.4, -0.2) is 37.3 Å². The highest BCUT2D eigenvalue weighted by atomic mass is 35.5. The van der Waals surface area contributed by atoms with Gasteiger partial charge in [-0.15, -0.1) is 0 Å². The first-order valence-corrected chi connectivity index (χ1v) is 10.9. The van der Waals surface area contributed by atoms with Gasteiger partial charge in [0.1, 0.15) is 0 Å². The number of rotatable bonds is 9. The molecule has 2 aliphatic rings. The number of amides is 1. The Morgan fingerprint density at radius 3 is 2.68 bits per heavy atom. The second kappa shape index (κ2) is 11.2. The van der Waals surface area contributed by atoms with Gasteiger partial charge in [-0.3, -0.25) is 4.79 Å². The van der Waals surface area contributed by atoms with E-state index in [0.717, 1.165) is 37.4 Å². The molecule has 1 amide bonds. The molecule has 0 aromatic heterocycles. The lowest BCUT2D eigenvalue weighted by molar-refractivity contribution is 0.0681. The summed E-state index contributed by atoms with van der Waals surface area (Å²) in [6, 6.07) is 5.77. The van der Waals surface area contributed by atoms with Crippen LogP contribution in [0.25, 0.3) is 0 Å². The lowest BCUT2D eigenvalue weighted by Crippen LogP contribution is -2.43. The van der Waals surface area contributed by atoms with Crippen LogP contribution in [0.3, 0.4) is 0 Å². The van der Waals surface area contributed by atoms with Gasteiger partial charge in [-0.1, -0.05) is 50.8 Å². The van der Waals surface area contributed by atoms with Gasteiger partial charge in [0.2, 0.25) is 0 Å². The van der Waals surface area contributed by atoms with Gasteiger partial charge in [0.25, 0.3) is 5.91 Å². The molecule has 3 N–H and O–H groups in total. The number of hydrogen-bond donors (Lipinski definition) is 3. The number of carbonyl (C=O) groups excluding carboxylic acids is 1. The van der Waals surface area contributed by atoms with Crippen molar-refractivity contribution >= 4 is 17.5 Å².